The van der Waals surface area contributed by atoms with E-state index in [-0.39, 0.29) is 12.1 Å². The van der Waals surface area contributed by atoms with Crippen molar-refractivity contribution < 1.29 is 14.3 Å². The SMILES string of the molecule is COC(=O)c1ccc2c(c1)-c1ccccc1C2OC. The molecule has 3 heteroatoms. The summed E-state index contributed by atoms with van der Waals surface area (Å²) in [7, 11) is 3.09. The van der Waals surface area contributed by atoms with Crippen LogP contribution < -0.4 is 0 Å². The third-order valence-electron chi connectivity index (χ3n) is 3.53. The second-order valence-corrected chi connectivity index (χ2v) is 4.50. The molecule has 0 aliphatic heterocycles. The molecule has 19 heavy (non-hydrogen) atoms. The molecule has 1 unspecified atom stereocenters. The van der Waals surface area contributed by atoms with E-state index >= 15 is 0 Å². The normalized spacial score (nSPS) is 15.8. The highest BCUT2D eigenvalue weighted by atomic mass is 16.5. The van der Waals surface area contributed by atoms with Crippen molar-refractivity contribution in [2.75, 3.05) is 14.2 Å². The standard InChI is InChI=1S/C16H14O3/c1-18-15-12-6-4-3-5-11(12)14-9-10(16(17)19-2)7-8-13(14)15/h3-9,15H,1-2H3. The number of ether oxygens (including phenoxy) is 2. The van der Waals surface area contributed by atoms with Crippen LogP contribution in [0.15, 0.2) is 42.5 Å². The summed E-state index contributed by atoms with van der Waals surface area (Å²) in [4.78, 5) is 11.6. The zero-order valence-corrected chi connectivity index (χ0v) is 10.8. The van der Waals surface area contributed by atoms with Gasteiger partial charge < -0.3 is 9.47 Å². The highest BCUT2D eigenvalue weighted by Crippen LogP contribution is 2.45. The lowest BCUT2D eigenvalue weighted by Gasteiger charge is -2.11. The number of rotatable bonds is 2. The van der Waals surface area contributed by atoms with Crippen molar-refractivity contribution in [2.24, 2.45) is 0 Å². The van der Waals surface area contributed by atoms with E-state index in [9.17, 15) is 4.79 Å². The number of carbonyl (C=O) groups excluding carboxylic acids is 1. The van der Waals surface area contributed by atoms with E-state index in [1.54, 1.807) is 13.2 Å². The van der Waals surface area contributed by atoms with Gasteiger partial charge in [-0.25, -0.2) is 4.79 Å². The third-order valence-corrected chi connectivity index (χ3v) is 3.53. The Kier molecular flexibility index (Phi) is 2.84. The molecule has 3 rings (SSSR count). The summed E-state index contributed by atoms with van der Waals surface area (Å²) in [5.41, 5.74) is 4.96. The van der Waals surface area contributed by atoms with Gasteiger partial charge in [-0.05, 0) is 34.4 Å². The molecule has 3 nitrogen and oxygen atoms in total. The molecule has 1 aliphatic rings. The van der Waals surface area contributed by atoms with E-state index < -0.39 is 0 Å². The summed E-state index contributed by atoms with van der Waals surface area (Å²) < 4.78 is 10.3. The number of fused-ring (bicyclic) bond motifs is 3. The van der Waals surface area contributed by atoms with E-state index in [1.807, 2.05) is 30.3 Å². The predicted molar refractivity (Wildman–Crippen MR) is 72.1 cm³/mol. The lowest BCUT2D eigenvalue weighted by Crippen LogP contribution is -2.02. The Morgan fingerprint density at radius 1 is 1.00 bits per heavy atom. The molecule has 0 N–H and O–H groups in total. The van der Waals surface area contributed by atoms with Crippen molar-refractivity contribution in [3.05, 3.63) is 59.2 Å². The molecule has 0 aromatic heterocycles. The highest BCUT2D eigenvalue weighted by molar-refractivity contribution is 5.92. The Labute approximate surface area is 111 Å². The topological polar surface area (TPSA) is 35.5 Å². The van der Waals surface area contributed by atoms with Gasteiger partial charge in [-0.1, -0.05) is 30.3 Å². The molecule has 0 bridgehead atoms. The quantitative estimate of drug-likeness (QED) is 0.772. The van der Waals surface area contributed by atoms with Gasteiger partial charge >= 0.3 is 5.97 Å². The average Bonchev–Trinajstić information content (AvgIpc) is 2.79. The fraction of sp³-hybridized carbons (Fsp3) is 0.188. The van der Waals surface area contributed by atoms with E-state index in [1.165, 1.54) is 7.11 Å². The Hall–Kier alpha value is -2.13. The molecule has 1 aliphatic carbocycles. The van der Waals surface area contributed by atoms with Crippen LogP contribution in [0.5, 0.6) is 0 Å². The molecular weight excluding hydrogens is 240 g/mol. The monoisotopic (exact) mass is 254 g/mol. The number of hydrogen-bond donors (Lipinski definition) is 0. The molecule has 0 fully saturated rings. The molecular formula is C16H14O3. The minimum absolute atomic E-state index is 0.0575. The van der Waals surface area contributed by atoms with Gasteiger partial charge in [-0.2, -0.15) is 0 Å². The Morgan fingerprint density at radius 2 is 1.74 bits per heavy atom. The Balaban J connectivity index is 2.19. The van der Waals surface area contributed by atoms with Gasteiger partial charge in [0.15, 0.2) is 0 Å². The minimum atomic E-state index is -0.318. The molecule has 0 spiro atoms. The van der Waals surface area contributed by atoms with Crippen molar-refractivity contribution >= 4 is 5.97 Å². The summed E-state index contributed by atoms with van der Waals surface area (Å²) in [5.74, 6) is -0.318. The van der Waals surface area contributed by atoms with Crippen LogP contribution in [0.25, 0.3) is 11.1 Å². The lowest BCUT2D eigenvalue weighted by molar-refractivity contribution is 0.0600. The molecule has 2 aromatic rings. The van der Waals surface area contributed by atoms with E-state index in [0.29, 0.717) is 5.56 Å². The molecule has 0 radical (unpaired) electrons. The Morgan fingerprint density at radius 3 is 2.47 bits per heavy atom. The number of methoxy groups -OCH3 is 2. The predicted octanol–water partition coefficient (Wildman–Crippen LogP) is 3.19. The maximum Gasteiger partial charge on any atom is 0.337 e. The van der Waals surface area contributed by atoms with Gasteiger partial charge in [0.25, 0.3) is 0 Å². The summed E-state index contributed by atoms with van der Waals surface area (Å²) in [6, 6.07) is 13.7. The van der Waals surface area contributed by atoms with Gasteiger partial charge in [-0.15, -0.1) is 0 Å². The minimum Gasteiger partial charge on any atom is -0.465 e. The van der Waals surface area contributed by atoms with E-state index in [0.717, 1.165) is 22.3 Å². The maximum atomic E-state index is 11.6. The highest BCUT2D eigenvalue weighted by Gasteiger charge is 2.28. The van der Waals surface area contributed by atoms with Crippen molar-refractivity contribution in [3.63, 3.8) is 0 Å². The third kappa shape index (κ3) is 1.74. The van der Waals surface area contributed by atoms with Gasteiger partial charge in [0, 0.05) is 7.11 Å². The smallest absolute Gasteiger partial charge is 0.337 e. The van der Waals surface area contributed by atoms with Crippen LogP contribution in [0.2, 0.25) is 0 Å². The molecule has 2 aromatic carbocycles. The largest absolute Gasteiger partial charge is 0.465 e. The Bertz CT molecular complexity index is 646. The number of esters is 1. The second-order valence-electron chi connectivity index (χ2n) is 4.50. The summed E-state index contributed by atoms with van der Waals surface area (Å²) in [5, 5.41) is 0. The number of benzene rings is 2. The molecule has 0 saturated carbocycles. The van der Waals surface area contributed by atoms with Crippen LogP contribution in [0.3, 0.4) is 0 Å². The summed E-state index contributed by atoms with van der Waals surface area (Å²) in [6.07, 6.45) is -0.0575. The number of carbonyl (C=O) groups is 1. The van der Waals surface area contributed by atoms with Gasteiger partial charge in [0.2, 0.25) is 0 Å². The van der Waals surface area contributed by atoms with Crippen LogP contribution in [-0.4, -0.2) is 20.2 Å². The maximum absolute atomic E-state index is 11.6. The van der Waals surface area contributed by atoms with Gasteiger partial charge in [0.1, 0.15) is 6.10 Å². The lowest BCUT2D eigenvalue weighted by atomic mass is 10.0. The molecule has 96 valence electrons. The van der Waals surface area contributed by atoms with Crippen LogP contribution in [-0.2, 0) is 9.47 Å². The van der Waals surface area contributed by atoms with Crippen LogP contribution in [0.4, 0.5) is 0 Å². The number of hydrogen-bond acceptors (Lipinski definition) is 3. The van der Waals surface area contributed by atoms with Gasteiger partial charge in [0.05, 0.1) is 12.7 Å². The van der Waals surface area contributed by atoms with E-state index in [2.05, 4.69) is 6.07 Å². The first-order valence-corrected chi connectivity index (χ1v) is 6.10. The molecule has 0 heterocycles. The molecule has 1 atom stereocenters. The van der Waals surface area contributed by atoms with Crippen LogP contribution >= 0.6 is 0 Å². The molecule has 0 saturated heterocycles. The summed E-state index contributed by atoms with van der Waals surface area (Å²) in [6.45, 7) is 0. The zero-order valence-electron chi connectivity index (χ0n) is 10.8. The van der Waals surface area contributed by atoms with Crippen molar-refractivity contribution in [2.45, 2.75) is 6.10 Å². The van der Waals surface area contributed by atoms with Crippen LogP contribution in [0.1, 0.15) is 27.6 Å². The summed E-state index contributed by atoms with van der Waals surface area (Å²) >= 11 is 0. The first kappa shape index (κ1) is 11.9. The van der Waals surface area contributed by atoms with Crippen molar-refractivity contribution in [3.8, 4) is 11.1 Å². The van der Waals surface area contributed by atoms with Gasteiger partial charge in [-0.3, -0.25) is 0 Å². The molecule has 0 amide bonds. The van der Waals surface area contributed by atoms with Crippen molar-refractivity contribution in [1.29, 1.82) is 0 Å². The van der Waals surface area contributed by atoms with Crippen molar-refractivity contribution in [1.82, 2.24) is 0 Å². The van der Waals surface area contributed by atoms with E-state index in [4.69, 9.17) is 9.47 Å². The fourth-order valence-corrected chi connectivity index (χ4v) is 2.66. The second kappa shape index (κ2) is 4.52. The first-order valence-electron chi connectivity index (χ1n) is 6.10. The zero-order chi connectivity index (χ0) is 13.4. The fourth-order valence-electron chi connectivity index (χ4n) is 2.66. The first-order chi connectivity index (χ1) is 9.26. The average molecular weight is 254 g/mol. The van der Waals surface area contributed by atoms with Crippen LogP contribution in [0, 0.1) is 0 Å².